The molecule has 1 aromatic rings. The van der Waals surface area contributed by atoms with E-state index in [9.17, 15) is 9.59 Å². The monoisotopic (exact) mass is 265 g/mol. The topological polar surface area (TPSA) is 105 Å². The molecular weight excluding hydrogens is 246 g/mol. The summed E-state index contributed by atoms with van der Waals surface area (Å²) in [6.07, 6.45) is 4.46. The Hall–Kier alpha value is -2.11. The molecule has 1 heterocycles. The van der Waals surface area contributed by atoms with Gasteiger partial charge in [-0.3, -0.25) is 9.78 Å². The number of anilines is 1. The van der Waals surface area contributed by atoms with Gasteiger partial charge < -0.3 is 16.2 Å². The fourth-order valence-corrected chi connectivity index (χ4v) is 1.81. The molecule has 0 saturated carbocycles. The highest BCUT2D eigenvalue weighted by Crippen LogP contribution is 2.17. The number of nitrogens with two attached hydrogens (primary N) is 1. The van der Waals surface area contributed by atoms with E-state index >= 15 is 0 Å². The number of nitrogens with one attached hydrogen (secondary N) is 1. The third kappa shape index (κ3) is 4.24. The standard InChI is InChI=1S/C13H19N3O3/c1-3-4-11(8(2)12(14)17)16-10-5-9(13(18)19)6-15-7-10/h5-8,11,16H,3-4H2,1-2H3,(H2,14,17)(H,18,19). The summed E-state index contributed by atoms with van der Waals surface area (Å²) in [5, 5.41) is 12.0. The van der Waals surface area contributed by atoms with Crippen LogP contribution in [0.4, 0.5) is 5.69 Å². The van der Waals surface area contributed by atoms with Crippen LogP contribution in [0.2, 0.25) is 0 Å². The maximum absolute atomic E-state index is 11.3. The van der Waals surface area contributed by atoms with Crippen molar-refractivity contribution in [3.8, 4) is 0 Å². The minimum Gasteiger partial charge on any atom is -0.478 e. The lowest BCUT2D eigenvalue weighted by atomic mass is 9.97. The van der Waals surface area contributed by atoms with Gasteiger partial charge in [-0.15, -0.1) is 0 Å². The zero-order valence-corrected chi connectivity index (χ0v) is 11.1. The van der Waals surface area contributed by atoms with Gasteiger partial charge in [0.1, 0.15) is 0 Å². The molecule has 1 amide bonds. The zero-order valence-electron chi connectivity index (χ0n) is 11.1. The minimum absolute atomic E-state index is 0.104. The average molecular weight is 265 g/mol. The normalized spacial score (nSPS) is 13.6. The van der Waals surface area contributed by atoms with E-state index in [0.29, 0.717) is 5.69 Å². The van der Waals surface area contributed by atoms with Crippen LogP contribution in [0.15, 0.2) is 18.5 Å². The lowest BCUT2D eigenvalue weighted by molar-refractivity contribution is -0.121. The summed E-state index contributed by atoms with van der Waals surface area (Å²) in [6.45, 7) is 3.76. The van der Waals surface area contributed by atoms with Gasteiger partial charge in [0.05, 0.1) is 17.2 Å². The van der Waals surface area contributed by atoms with Crippen LogP contribution < -0.4 is 11.1 Å². The summed E-state index contributed by atoms with van der Waals surface area (Å²) in [5.74, 6) is -1.76. The molecule has 0 saturated heterocycles. The lowest BCUT2D eigenvalue weighted by Crippen LogP contribution is -2.36. The van der Waals surface area contributed by atoms with Gasteiger partial charge in [-0.1, -0.05) is 20.3 Å². The van der Waals surface area contributed by atoms with E-state index in [0.717, 1.165) is 12.8 Å². The van der Waals surface area contributed by atoms with Gasteiger partial charge in [-0.2, -0.15) is 0 Å². The number of rotatable bonds is 7. The first kappa shape index (κ1) is 14.9. The number of carboxylic acid groups (broad SMARTS) is 1. The third-order valence-electron chi connectivity index (χ3n) is 2.99. The SMILES string of the molecule is CCCC(Nc1cncc(C(=O)O)c1)C(C)C(N)=O. The maximum Gasteiger partial charge on any atom is 0.337 e. The van der Waals surface area contributed by atoms with Crippen molar-refractivity contribution in [2.24, 2.45) is 11.7 Å². The second-order valence-corrected chi connectivity index (χ2v) is 4.50. The Kier molecular flexibility index (Phi) is 5.29. The van der Waals surface area contributed by atoms with Crippen LogP contribution >= 0.6 is 0 Å². The van der Waals surface area contributed by atoms with Crippen molar-refractivity contribution >= 4 is 17.6 Å². The highest BCUT2D eigenvalue weighted by atomic mass is 16.4. The van der Waals surface area contributed by atoms with Crippen molar-refractivity contribution in [1.29, 1.82) is 0 Å². The number of aromatic carboxylic acids is 1. The Bertz CT molecular complexity index is 462. The van der Waals surface area contributed by atoms with Gasteiger partial charge in [0.15, 0.2) is 0 Å². The predicted molar refractivity (Wildman–Crippen MR) is 71.9 cm³/mol. The van der Waals surface area contributed by atoms with Gasteiger partial charge in [0, 0.05) is 18.4 Å². The molecule has 0 aliphatic rings. The van der Waals surface area contributed by atoms with Crippen LogP contribution in [0, 0.1) is 5.92 Å². The Morgan fingerprint density at radius 2 is 2.16 bits per heavy atom. The number of amides is 1. The van der Waals surface area contributed by atoms with Gasteiger partial charge >= 0.3 is 5.97 Å². The molecule has 0 aliphatic carbocycles. The van der Waals surface area contributed by atoms with E-state index in [-0.39, 0.29) is 23.4 Å². The molecule has 104 valence electrons. The molecule has 0 radical (unpaired) electrons. The Balaban J connectivity index is 2.87. The molecule has 2 unspecified atom stereocenters. The number of nitrogens with zero attached hydrogens (tertiary/aromatic N) is 1. The van der Waals surface area contributed by atoms with E-state index < -0.39 is 5.97 Å². The van der Waals surface area contributed by atoms with Crippen LogP contribution in [0.5, 0.6) is 0 Å². The lowest BCUT2D eigenvalue weighted by Gasteiger charge is -2.23. The number of hydrogen-bond acceptors (Lipinski definition) is 4. The first-order chi connectivity index (χ1) is 8.95. The minimum atomic E-state index is -1.04. The highest BCUT2D eigenvalue weighted by molar-refractivity contribution is 5.88. The third-order valence-corrected chi connectivity index (χ3v) is 2.99. The molecule has 1 aromatic heterocycles. The van der Waals surface area contributed by atoms with Gasteiger partial charge in [-0.05, 0) is 12.5 Å². The molecule has 0 aliphatic heterocycles. The summed E-state index contributed by atoms with van der Waals surface area (Å²) in [6, 6.07) is 1.36. The summed E-state index contributed by atoms with van der Waals surface area (Å²) >= 11 is 0. The summed E-state index contributed by atoms with van der Waals surface area (Å²) in [5.41, 5.74) is 5.99. The van der Waals surface area contributed by atoms with Crippen LogP contribution in [0.3, 0.4) is 0 Å². The fourth-order valence-electron chi connectivity index (χ4n) is 1.81. The van der Waals surface area contributed by atoms with E-state index in [1.807, 2.05) is 6.92 Å². The predicted octanol–water partition coefficient (Wildman–Crippen LogP) is 1.48. The number of carbonyl (C=O) groups is 2. The van der Waals surface area contributed by atoms with Crippen LogP contribution in [0.25, 0.3) is 0 Å². The Labute approximate surface area is 112 Å². The van der Waals surface area contributed by atoms with Crippen LogP contribution in [-0.4, -0.2) is 28.0 Å². The smallest absolute Gasteiger partial charge is 0.337 e. The molecule has 19 heavy (non-hydrogen) atoms. The number of aromatic nitrogens is 1. The highest BCUT2D eigenvalue weighted by Gasteiger charge is 2.21. The van der Waals surface area contributed by atoms with Gasteiger partial charge in [-0.25, -0.2) is 4.79 Å². The van der Waals surface area contributed by atoms with E-state index in [4.69, 9.17) is 10.8 Å². The van der Waals surface area contributed by atoms with Crippen LogP contribution in [0.1, 0.15) is 37.0 Å². The van der Waals surface area contributed by atoms with E-state index in [1.54, 1.807) is 6.92 Å². The largest absolute Gasteiger partial charge is 0.478 e. The fraction of sp³-hybridized carbons (Fsp3) is 0.462. The molecule has 4 N–H and O–H groups in total. The first-order valence-electron chi connectivity index (χ1n) is 6.20. The number of carbonyl (C=O) groups excluding carboxylic acids is 1. The maximum atomic E-state index is 11.3. The summed E-state index contributed by atoms with van der Waals surface area (Å²) < 4.78 is 0. The molecule has 6 nitrogen and oxygen atoms in total. The first-order valence-corrected chi connectivity index (χ1v) is 6.20. The molecule has 0 bridgehead atoms. The summed E-state index contributed by atoms with van der Waals surface area (Å²) in [7, 11) is 0. The second kappa shape index (κ2) is 6.72. The van der Waals surface area contributed by atoms with Gasteiger partial charge in [0.25, 0.3) is 0 Å². The number of pyridine rings is 1. The zero-order chi connectivity index (χ0) is 14.4. The van der Waals surface area contributed by atoms with Crippen LogP contribution in [-0.2, 0) is 4.79 Å². The Morgan fingerprint density at radius 1 is 1.47 bits per heavy atom. The quantitative estimate of drug-likeness (QED) is 0.692. The van der Waals surface area contributed by atoms with Crippen molar-refractivity contribution in [3.63, 3.8) is 0 Å². The molecule has 6 heteroatoms. The molecular formula is C13H19N3O3. The van der Waals surface area contributed by atoms with E-state index in [2.05, 4.69) is 10.3 Å². The van der Waals surface area contributed by atoms with Crippen molar-refractivity contribution < 1.29 is 14.7 Å². The van der Waals surface area contributed by atoms with Crippen molar-refractivity contribution in [3.05, 3.63) is 24.0 Å². The molecule has 2 atom stereocenters. The number of hydrogen-bond donors (Lipinski definition) is 3. The number of carboxylic acids is 1. The van der Waals surface area contributed by atoms with E-state index in [1.165, 1.54) is 18.5 Å². The summed E-state index contributed by atoms with van der Waals surface area (Å²) in [4.78, 5) is 26.0. The Morgan fingerprint density at radius 3 is 2.68 bits per heavy atom. The van der Waals surface area contributed by atoms with Gasteiger partial charge in [0.2, 0.25) is 5.91 Å². The molecule has 0 fully saturated rings. The molecule has 0 spiro atoms. The van der Waals surface area contributed by atoms with Crippen molar-refractivity contribution in [2.75, 3.05) is 5.32 Å². The van der Waals surface area contributed by atoms with Crippen molar-refractivity contribution in [2.45, 2.75) is 32.7 Å². The number of primary amides is 1. The second-order valence-electron chi connectivity index (χ2n) is 4.50. The van der Waals surface area contributed by atoms with Crippen molar-refractivity contribution in [1.82, 2.24) is 4.98 Å². The molecule has 1 rings (SSSR count). The molecule has 0 aromatic carbocycles. The average Bonchev–Trinajstić information content (AvgIpc) is 2.37.